The molecule has 0 atom stereocenters. The summed E-state index contributed by atoms with van der Waals surface area (Å²) in [5.74, 6) is -0.320. The summed E-state index contributed by atoms with van der Waals surface area (Å²) in [6.07, 6.45) is 0. The lowest BCUT2D eigenvalue weighted by molar-refractivity contribution is -0.383. The maximum Gasteiger partial charge on any atom is 0.292 e. The van der Waals surface area contributed by atoms with Crippen LogP contribution in [0, 0.1) is 10.1 Å². The molecule has 104 valence electrons. The molecule has 0 heterocycles. The molecule has 1 rings (SSSR count). The van der Waals surface area contributed by atoms with Gasteiger partial charge in [-0.3, -0.25) is 19.7 Å². The van der Waals surface area contributed by atoms with Crippen LogP contribution in [0.15, 0.2) is 24.3 Å². The Morgan fingerprint density at radius 3 is 2.16 bits per heavy atom. The second-order valence-corrected chi connectivity index (χ2v) is 4.95. The maximum atomic E-state index is 11.0. The molecule has 0 aliphatic carbocycles. The number of nitro groups is 1. The van der Waals surface area contributed by atoms with E-state index in [1.807, 2.05) is 0 Å². The highest BCUT2D eigenvalue weighted by Crippen LogP contribution is 2.22. The fourth-order valence-electron chi connectivity index (χ4n) is 0.922. The topological polar surface area (TPSA) is 89.3 Å². The van der Waals surface area contributed by atoms with Crippen molar-refractivity contribution in [2.75, 3.05) is 16.0 Å². The van der Waals surface area contributed by atoms with E-state index in [1.165, 1.54) is 12.1 Å². The SMILES string of the molecule is O=C(Br)CBr.O=C(CBr)Nc1ccccc1[N+](=O)[O-]. The number of alkyl halides is 2. The van der Waals surface area contributed by atoms with Crippen LogP contribution in [0.4, 0.5) is 11.4 Å². The number of nitro benzene ring substituents is 1. The molecule has 0 aromatic heterocycles. The predicted molar refractivity (Wildman–Crippen MR) is 83.2 cm³/mol. The number of rotatable bonds is 4. The molecule has 19 heavy (non-hydrogen) atoms. The van der Waals surface area contributed by atoms with Gasteiger partial charge in [-0.2, -0.15) is 0 Å². The largest absolute Gasteiger partial charge is 0.320 e. The molecule has 9 heteroatoms. The average molecular weight is 461 g/mol. The van der Waals surface area contributed by atoms with Gasteiger partial charge in [0.25, 0.3) is 5.69 Å². The van der Waals surface area contributed by atoms with Crippen molar-refractivity contribution in [3.63, 3.8) is 0 Å². The molecule has 1 aromatic rings. The van der Waals surface area contributed by atoms with Gasteiger partial charge in [-0.05, 0) is 22.0 Å². The van der Waals surface area contributed by atoms with E-state index in [9.17, 15) is 19.7 Å². The fourth-order valence-corrected chi connectivity index (χ4v) is 1.06. The van der Waals surface area contributed by atoms with Crippen LogP contribution < -0.4 is 5.32 Å². The fraction of sp³-hybridized carbons (Fsp3) is 0.200. The molecule has 0 spiro atoms. The van der Waals surface area contributed by atoms with Crippen LogP contribution >= 0.6 is 47.8 Å². The van der Waals surface area contributed by atoms with Crippen LogP contribution in [0.2, 0.25) is 0 Å². The van der Waals surface area contributed by atoms with Crippen molar-refractivity contribution in [1.29, 1.82) is 0 Å². The number of benzene rings is 1. The summed E-state index contributed by atoms with van der Waals surface area (Å²) < 4.78 is -0.0162. The summed E-state index contributed by atoms with van der Waals surface area (Å²) >= 11 is 8.56. The van der Waals surface area contributed by atoms with E-state index in [2.05, 4.69) is 53.1 Å². The molecule has 0 saturated heterocycles. The normalized spacial score (nSPS) is 9.00. The molecule has 6 nitrogen and oxygen atoms in total. The van der Waals surface area contributed by atoms with E-state index in [0.717, 1.165) is 0 Å². The Morgan fingerprint density at radius 2 is 1.74 bits per heavy atom. The number of anilines is 1. The van der Waals surface area contributed by atoms with Crippen LogP contribution in [-0.4, -0.2) is 26.2 Å². The first-order valence-corrected chi connectivity index (χ1v) is 7.79. The Kier molecular flexibility index (Phi) is 9.62. The summed E-state index contributed by atoms with van der Waals surface area (Å²) in [6.45, 7) is 0. The zero-order valence-electron chi connectivity index (χ0n) is 9.44. The Labute approximate surface area is 134 Å². The molecule has 1 N–H and O–H groups in total. The van der Waals surface area contributed by atoms with Crippen molar-refractivity contribution in [2.45, 2.75) is 0 Å². The highest BCUT2D eigenvalue weighted by atomic mass is 79.9. The third-order valence-electron chi connectivity index (χ3n) is 1.60. The lowest BCUT2D eigenvalue weighted by Crippen LogP contribution is -2.13. The molecule has 1 aromatic carbocycles. The van der Waals surface area contributed by atoms with Gasteiger partial charge in [-0.1, -0.05) is 44.0 Å². The minimum absolute atomic E-state index is 0.0162. The molecular formula is C10H9Br3N2O4. The minimum atomic E-state index is -0.538. The third-order valence-corrected chi connectivity index (χ3v) is 3.65. The van der Waals surface area contributed by atoms with Gasteiger partial charge in [0.2, 0.25) is 10.6 Å². The highest BCUT2D eigenvalue weighted by Gasteiger charge is 2.13. The van der Waals surface area contributed by atoms with Crippen LogP contribution in [0.5, 0.6) is 0 Å². The predicted octanol–water partition coefficient (Wildman–Crippen LogP) is 3.23. The van der Waals surface area contributed by atoms with Gasteiger partial charge in [0, 0.05) is 6.07 Å². The summed E-state index contributed by atoms with van der Waals surface area (Å²) in [4.78, 5) is 30.7. The minimum Gasteiger partial charge on any atom is -0.320 e. The lowest BCUT2D eigenvalue weighted by Gasteiger charge is -2.02. The van der Waals surface area contributed by atoms with Gasteiger partial charge >= 0.3 is 0 Å². The number of hydrogen-bond donors (Lipinski definition) is 1. The van der Waals surface area contributed by atoms with Gasteiger partial charge in [-0.15, -0.1) is 0 Å². The quantitative estimate of drug-likeness (QED) is 0.323. The van der Waals surface area contributed by atoms with Gasteiger partial charge in [0.05, 0.1) is 15.6 Å². The molecule has 1 amide bonds. The number of hydrogen-bond acceptors (Lipinski definition) is 4. The Morgan fingerprint density at radius 1 is 1.21 bits per heavy atom. The first-order valence-electron chi connectivity index (χ1n) is 4.75. The van der Waals surface area contributed by atoms with Gasteiger partial charge in [0.15, 0.2) is 0 Å². The van der Waals surface area contributed by atoms with Gasteiger partial charge in [-0.25, -0.2) is 0 Å². The van der Waals surface area contributed by atoms with Crippen LogP contribution in [0.25, 0.3) is 0 Å². The zero-order valence-corrected chi connectivity index (χ0v) is 14.2. The number of amides is 1. The Bertz CT molecular complexity index is 468. The molecule has 0 aliphatic rings. The smallest absolute Gasteiger partial charge is 0.292 e. The highest BCUT2D eigenvalue weighted by molar-refractivity contribution is 9.19. The van der Waals surface area contributed by atoms with Gasteiger partial charge in [0.1, 0.15) is 5.69 Å². The van der Waals surface area contributed by atoms with Crippen molar-refractivity contribution in [3.05, 3.63) is 34.4 Å². The van der Waals surface area contributed by atoms with Crippen molar-refractivity contribution < 1.29 is 14.5 Å². The van der Waals surface area contributed by atoms with Crippen molar-refractivity contribution in [3.8, 4) is 0 Å². The average Bonchev–Trinajstić information content (AvgIpc) is 2.39. The molecule has 0 radical (unpaired) electrons. The molecule has 0 aliphatic heterocycles. The van der Waals surface area contributed by atoms with Gasteiger partial charge < -0.3 is 5.32 Å². The van der Waals surface area contributed by atoms with E-state index < -0.39 is 4.92 Å². The van der Waals surface area contributed by atoms with Crippen LogP contribution in [0.1, 0.15) is 0 Å². The summed E-state index contributed by atoms with van der Waals surface area (Å²) in [5.41, 5.74) is 0.101. The molecule has 0 unspecified atom stereocenters. The van der Waals surface area contributed by atoms with Crippen molar-refractivity contribution in [2.24, 2.45) is 0 Å². The first kappa shape index (κ1) is 18.2. The van der Waals surface area contributed by atoms with Crippen LogP contribution in [0.3, 0.4) is 0 Å². The standard InChI is InChI=1S/C8H7BrN2O3.C2H2Br2O/c9-5-8(12)10-6-3-1-2-4-7(6)11(13)14;3-1-2(4)5/h1-4H,5H2,(H,10,12);1H2. The first-order chi connectivity index (χ1) is 8.92. The van der Waals surface area contributed by atoms with E-state index in [4.69, 9.17) is 0 Å². The number of carbonyl (C=O) groups excluding carboxylic acids is 2. The number of carbonyl (C=O) groups is 2. The molecule has 0 bridgehead atoms. The van der Waals surface area contributed by atoms with Crippen molar-refractivity contribution >= 4 is 69.8 Å². The Balaban J connectivity index is 0.000000555. The summed E-state index contributed by atoms with van der Waals surface area (Å²) in [6, 6.07) is 5.99. The number of nitrogens with zero attached hydrogens (tertiary/aromatic N) is 1. The molecule has 0 saturated carbocycles. The second kappa shape index (κ2) is 10.0. The monoisotopic (exact) mass is 458 g/mol. The summed E-state index contributed by atoms with van der Waals surface area (Å²) in [5, 5.41) is 13.5. The van der Waals surface area contributed by atoms with E-state index in [1.54, 1.807) is 12.1 Å². The van der Waals surface area contributed by atoms with Crippen LogP contribution in [-0.2, 0) is 9.59 Å². The number of para-hydroxylation sites is 2. The van der Waals surface area contributed by atoms with Crippen molar-refractivity contribution in [1.82, 2.24) is 0 Å². The van der Waals surface area contributed by atoms with E-state index >= 15 is 0 Å². The summed E-state index contributed by atoms with van der Waals surface area (Å²) in [7, 11) is 0. The Hall–Kier alpha value is -0.800. The third kappa shape index (κ3) is 8.06. The maximum absolute atomic E-state index is 11.0. The number of halogens is 3. The molecule has 0 fully saturated rings. The van der Waals surface area contributed by atoms with E-state index in [0.29, 0.717) is 5.33 Å². The van der Waals surface area contributed by atoms with E-state index in [-0.39, 0.29) is 27.3 Å². The zero-order chi connectivity index (χ0) is 14.8. The molecular weight excluding hydrogens is 452 g/mol. The number of nitrogens with one attached hydrogen (secondary N) is 1. The lowest BCUT2D eigenvalue weighted by atomic mass is 10.2. The second-order valence-electron chi connectivity index (χ2n) is 2.94.